The van der Waals surface area contributed by atoms with Gasteiger partial charge in [0.2, 0.25) is 0 Å². The Labute approximate surface area is 115 Å². The van der Waals surface area contributed by atoms with Crippen molar-refractivity contribution in [3.63, 3.8) is 0 Å². The lowest BCUT2D eigenvalue weighted by molar-refractivity contribution is -0.0683. The smallest absolute Gasteiger partial charge is 0.0911 e. The summed E-state index contributed by atoms with van der Waals surface area (Å²) in [4.78, 5) is 0. The molecule has 2 heterocycles. The van der Waals surface area contributed by atoms with Gasteiger partial charge in [-0.1, -0.05) is 19.3 Å². The highest BCUT2D eigenvalue weighted by molar-refractivity contribution is 5.10. The predicted molar refractivity (Wildman–Crippen MR) is 75.0 cm³/mol. The maximum Gasteiger partial charge on any atom is 0.0911 e. The largest absolute Gasteiger partial charge is 0.387 e. The van der Waals surface area contributed by atoms with Crippen molar-refractivity contribution in [1.29, 1.82) is 0 Å². The number of aromatic nitrogens is 1. The molecule has 3 heteroatoms. The maximum atomic E-state index is 9.75. The highest BCUT2D eigenvalue weighted by atomic mass is 16.5. The SMILES string of the molecule is CC(O)c1cccn1CC1CCC2(CCCCC2)O1. The lowest BCUT2D eigenvalue weighted by atomic mass is 9.83. The number of ether oxygens (including phenoxy) is 1. The van der Waals surface area contributed by atoms with E-state index in [1.54, 1.807) is 0 Å². The zero-order valence-corrected chi connectivity index (χ0v) is 11.8. The number of hydrogen-bond acceptors (Lipinski definition) is 2. The molecular weight excluding hydrogens is 238 g/mol. The normalized spacial score (nSPS) is 27.8. The summed E-state index contributed by atoms with van der Waals surface area (Å²) in [5.74, 6) is 0. The Kier molecular flexibility index (Phi) is 3.68. The van der Waals surface area contributed by atoms with Crippen LogP contribution in [0.1, 0.15) is 63.7 Å². The molecule has 0 bridgehead atoms. The van der Waals surface area contributed by atoms with Gasteiger partial charge >= 0.3 is 0 Å². The molecule has 1 aromatic heterocycles. The Bertz CT molecular complexity index is 418. The number of rotatable bonds is 3. The molecule has 0 aromatic carbocycles. The Hall–Kier alpha value is -0.800. The van der Waals surface area contributed by atoms with E-state index in [0.717, 1.165) is 18.7 Å². The predicted octanol–water partition coefficient (Wildman–Crippen LogP) is 3.42. The first-order chi connectivity index (χ1) is 9.19. The summed E-state index contributed by atoms with van der Waals surface area (Å²) in [5, 5.41) is 9.75. The van der Waals surface area contributed by atoms with Gasteiger partial charge in [0, 0.05) is 18.4 Å². The third-order valence-electron chi connectivity index (χ3n) is 4.80. The summed E-state index contributed by atoms with van der Waals surface area (Å²) in [6.07, 6.45) is 10.9. The van der Waals surface area contributed by atoms with Crippen molar-refractivity contribution in [1.82, 2.24) is 4.57 Å². The highest BCUT2D eigenvalue weighted by Gasteiger charge is 2.40. The van der Waals surface area contributed by atoms with Crippen LogP contribution in [-0.4, -0.2) is 21.4 Å². The van der Waals surface area contributed by atoms with E-state index in [9.17, 15) is 5.11 Å². The standard InChI is InChI=1S/C16H25NO2/c1-13(18)15-6-5-11-17(15)12-14-7-10-16(19-14)8-3-2-4-9-16/h5-6,11,13-14,18H,2-4,7-10,12H2,1H3. The molecular formula is C16H25NO2. The average Bonchev–Trinajstić information content (AvgIpc) is 2.99. The van der Waals surface area contributed by atoms with Crippen LogP contribution < -0.4 is 0 Å². The lowest BCUT2D eigenvalue weighted by Gasteiger charge is -2.33. The van der Waals surface area contributed by atoms with Crippen molar-refractivity contribution in [2.45, 2.75) is 76.2 Å². The Balaban J connectivity index is 1.64. The monoisotopic (exact) mass is 263 g/mol. The van der Waals surface area contributed by atoms with Crippen LogP contribution in [-0.2, 0) is 11.3 Å². The van der Waals surface area contributed by atoms with E-state index in [1.165, 1.54) is 38.5 Å². The van der Waals surface area contributed by atoms with Gasteiger partial charge < -0.3 is 14.4 Å². The van der Waals surface area contributed by atoms with Gasteiger partial charge in [-0.05, 0) is 44.7 Å². The van der Waals surface area contributed by atoms with E-state index in [0.29, 0.717) is 6.10 Å². The van der Waals surface area contributed by atoms with E-state index < -0.39 is 6.10 Å². The van der Waals surface area contributed by atoms with E-state index in [-0.39, 0.29) is 5.60 Å². The van der Waals surface area contributed by atoms with Gasteiger partial charge in [0.05, 0.1) is 17.8 Å². The molecule has 2 aliphatic rings. The summed E-state index contributed by atoms with van der Waals surface area (Å²) in [7, 11) is 0. The Morgan fingerprint density at radius 1 is 1.37 bits per heavy atom. The second kappa shape index (κ2) is 5.29. The topological polar surface area (TPSA) is 34.4 Å². The molecule has 0 radical (unpaired) electrons. The second-order valence-electron chi connectivity index (χ2n) is 6.28. The Morgan fingerprint density at radius 2 is 2.16 bits per heavy atom. The van der Waals surface area contributed by atoms with Gasteiger partial charge in [-0.2, -0.15) is 0 Å². The van der Waals surface area contributed by atoms with Crippen LogP contribution in [0.4, 0.5) is 0 Å². The van der Waals surface area contributed by atoms with Gasteiger partial charge in [-0.15, -0.1) is 0 Å². The minimum absolute atomic E-state index is 0.195. The fraction of sp³-hybridized carbons (Fsp3) is 0.750. The van der Waals surface area contributed by atoms with Crippen LogP contribution in [0.15, 0.2) is 18.3 Å². The van der Waals surface area contributed by atoms with Crippen LogP contribution in [0.5, 0.6) is 0 Å². The molecule has 1 aromatic rings. The van der Waals surface area contributed by atoms with Crippen LogP contribution >= 0.6 is 0 Å². The minimum atomic E-state index is -0.403. The first kappa shape index (κ1) is 13.2. The number of nitrogens with zero attached hydrogens (tertiary/aromatic N) is 1. The molecule has 1 aliphatic carbocycles. The van der Waals surface area contributed by atoms with Crippen molar-refractivity contribution < 1.29 is 9.84 Å². The molecule has 2 atom stereocenters. The van der Waals surface area contributed by atoms with Crippen LogP contribution in [0, 0.1) is 0 Å². The van der Waals surface area contributed by atoms with E-state index in [1.807, 2.05) is 19.1 Å². The van der Waals surface area contributed by atoms with Crippen LogP contribution in [0.25, 0.3) is 0 Å². The van der Waals surface area contributed by atoms with Crippen LogP contribution in [0.2, 0.25) is 0 Å². The molecule has 1 N–H and O–H groups in total. The van der Waals surface area contributed by atoms with Crippen molar-refractivity contribution in [3.05, 3.63) is 24.0 Å². The second-order valence-corrected chi connectivity index (χ2v) is 6.28. The molecule has 1 saturated carbocycles. The number of aliphatic hydroxyl groups excluding tert-OH is 1. The minimum Gasteiger partial charge on any atom is -0.387 e. The van der Waals surface area contributed by atoms with E-state index >= 15 is 0 Å². The number of hydrogen-bond donors (Lipinski definition) is 1. The maximum absolute atomic E-state index is 9.75. The van der Waals surface area contributed by atoms with Gasteiger partial charge in [-0.25, -0.2) is 0 Å². The Morgan fingerprint density at radius 3 is 2.89 bits per heavy atom. The highest BCUT2D eigenvalue weighted by Crippen LogP contribution is 2.42. The van der Waals surface area contributed by atoms with E-state index in [4.69, 9.17) is 4.74 Å². The molecule has 1 saturated heterocycles. The lowest BCUT2D eigenvalue weighted by Crippen LogP contribution is -2.32. The molecule has 3 rings (SSSR count). The third-order valence-corrected chi connectivity index (χ3v) is 4.80. The molecule has 2 fully saturated rings. The van der Waals surface area contributed by atoms with E-state index in [2.05, 4.69) is 10.8 Å². The van der Waals surface area contributed by atoms with Gasteiger partial charge in [0.1, 0.15) is 0 Å². The zero-order chi connectivity index (χ0) is 13.3. The van der Waals surface area contributed by atoms with Gasteiger partial charge in [-0.3, -0.25) is 0 Å². The number of aliphatic hydroxyl groups is 1. The molecule has 3 nitrogen and oxygen atoms in total. The first-order valence-electron chi connectivity index (χ1n) is 7.69. The zero-order valence-electron chi connectivity index (χ0n) is 11.8. The first-order valence-corrected chi connectivity index (χ1v) is 7.69. The summed E-state index contributed by atoms with van der Waals surface area (Å²) in [5.41, 5.74) is 1.19. The van der Waals surface area contributed by atoms with Gasteiger partial charge in [0.25, 0.3) is 0 Å². The van der Waals surface area contributed by atoms with Crippen molar-refractivity contribution in [2.24, 2.45) is 0 Å². The molecule has 19 heavy (non-hydrogen) atoms. The molecule has 106 valence electrons. The molecule has 2 unspecified atom stereocenters. The summed E-state index contributed by atoms with van der Waals surface area (Å²) >= 11 is 0. The summed E-state index contributed by atoms with van der Waals surface area (Å²) in [6, 6.07) is 4.00. The summed E-state index contributed by atoms with van der Waals surface area (Å²) < 4.78 is 8.55. The molecule has 1 aliphatic heterocycles. The van der Waals surface area contributed by atoms with Crippen LogP contribution in [0.3, 0.4) is 0 Å². The fourth-order valence-electron chi connectivity index (χ4n) is 3.78. The van der Waals surface area contributed by atoms with Crippen molar-refractivity contribution in [2.75, 3.05) is 0 Å². The van der Waals surface area contributed by atoms with Crippen molar-refractivity contribution >= 4 is 0 Å². The van der Waals surface area contributed by atoms with Crippen molar-refractivity contribution in [3.8, 4) is 0 Å². The van der Waals surface area contributed by atoms with Gasteiger partial charge in [0.15, 0.2) is 0 Å². The summed E-state index contributed by atoms with van der Waals surface area (Å²) in [6.45, 7) is 2.71. The third kappa shape index (κ3) is 2.72. The average molecular weight is 263 g/mol. The molecule has 1 spiro atoms. The quantitative estimate of drug-likeness (QED) is 0.906. The molecule has 0 amide bonds. The fourth-order valence-corrected chi connectivity index (χ4v) is 3.78.